The van der Waals surface area contributed by atoms with Crippen molar-refractivity contribution >= 4 is 70.1 Å². The largest absolute Gasteiger partial charge is 0.310 e. The van der Waals surface area contributed by atoms with E-state index in [2.05, 4.69) is 205 Å². The van der Waals surface area contributed by atoms with Crippen LogP contribution in [0.15, 0.2) is 200 Å². The maximum atomic E-state index is 2.36. The summed E-state index contributed by atoms with van der Waals surface area (Å²) in [5.41, 5.74) is 10.7. The highest BCUT2D eigenvalue weighted by Crippen LogP contribution is 2.40. The molecule has 1 heterocycles. The van der Waals surface area contributed by atoms with Crippen LogP contribution in [0.1, 0.15) is 0 Å². The zero-order valence-electron chi connectivity index (χ0n) is 28.4. The molecule has 52 heavy (non-hydrogen) atoms. The first-order valence-electron chi connectivity index (χ1n) is 17.7. The molecule has 0 aliphatic carbocycles. The van der Waals surface area contributed by atoms with E-state index in [9.17, 15) is 0 Å². The second-order valence-electron chi connectivity index (χ2n) is 13.4. The van der Waals surface area contributed by atoms with Crippen LogP contribution in [0.3, 0.4) is 0 Å². The summed E-state index contributed by atoms with van der Waals surface area (Å²) in [4.78, 5) is 2.36. The molecule has 0 aliphatic rings. The number of nitrogens with zero attached hydrogens (tertiary/aromatic N) is 1. The van der Waals surface area contributed by atoms with Crippen LogP contribution in [0.25, 0.3) is 75.1 Å². The summed E-state index contributed by atoms with van der Waals surface area (Å²) in [6.45, 7) is 0. The number of hydrogen-bond donors (Lipinski definition) is 0. The van der Waals surface area contributed by atoms with Crippen molar-refractivity contribution in [1.29, 1.82) is 0 Å². The van der Waals surface area contributed by atoms with E-state index in [0.29, 0.717) is 0 Å². The quantitative estimate of drug-likeness (QED) is 0.169. The Kier molecular flexibility index (Phi) is 7.41. The van der Waals surface area contributed by atoms with Crippen LogP contribution in [0, 0.1) is 0 Å². The van der Waals surface area contributed by atoms with Crippen LogP contribution in [-0.4, -0.2) is 0 Å². The number of thiophene rings is 1. The van der Waals surface area contributed by atoms with Crippen LogP contribution in [-0.2, 0) is 0 Å². The fourth-order valence-corrected chi connectivity index (χ4v) is 8.64. The van der Waals surface area contributed by atoms with Gasteiger partial charge in [-0.2, -0.15) is 0 Å². The van der Waals surface area contributed by atoms with Crippen molar-refractivity contribution in [2.45, 2.75) is 0 Å². The molecule has 1 aromatic heterocycles. The first kappa shape index (κ1) is 30.4. The van der Waals surface area contributed by atoms with E-state index in [1.54, 1.807) is 0 Å². The van der Waals surface area contributed by atoms with Crippen LogP contribution in [0.2, 0.25) is 0 Å². The Labute approximate surface area is 307 Å². The number of rotatable bonds is 6. The molecule has 1 nitrogen and oxygen atoms in total. The Hall–Kier alpha value is -6.48. The minimum atomic E-state index is 1.13. The number of para-hydroxylation sites is 1. The van der Waals surface area contributed by atoms with Gasteiger partial charge in [0.1, 0.15) is 0 Å². The molecule has 0 saturated carbocycles. The Balaban J connectivity index is 1.01. The lowest BCUT2D eigenvalue weighted by atomic mass is 9.96. The second kappa shape index (κ2) is 12.7. The average Bonchev–Trinajstić information content (AvgIpc) is 3.59. The predicted molar refractivity (Wildman–Crippen MR) is 225 cm³/mol. The highest BCUT2D eigenvalue weighted by molar-refractivity contribution is 7.25. The van der Waals surface area contributed by atoms with E-state index in [4.69, 9.17) is 0 Å². The average molecular weight is 680 g/mol. The van der Waals surface area contributed by atoms with E-state index >= 15 is 0 Å². The normalized spacial score (nSPS) is 11.5. The van der Waals surface area contributed by atoms with Gasteiger partial charge in [0, 0.05) is 37.2 Å². The van der Waals surface area contributed by atoms with Crippen LogP contribution in [0.5, 0.6) is 0 Å². The van der Waals surface area contributed by atoms with Crippen molar-refractivity contribution in [3.8, 4) is 33.4 Å². The van der Waals surface area contributed by atoms with Crippen LogP contribution >= 0.6 is 11.3 Å². The smallest absolute Gasteiger partial charge is 0.0468 e. The van der Waals surface area contributed by atoms with Gasteiger partial charge in [0.15, 0.2) is 0 Å². The summed E-state index contributed by atoms with van der Waals surface area (Å²) in [5, 5.41) is 7.59. The highest BCUT2D eigenvalue weighted by Gasteiger charge is 2.15. The summed E-state index contributed by atoms with van der Waals surface area (Å²) in [7, 11) is 0. The van der Waals surface area contributed by atoms with Gasteiger partial charge in [-0.3, -0.25) is 0 Å². The fraction of sp³-hybridized carbons (Fsp3) is 0. The Morgan fingerprint density at radius 3 is 1.62 bits per heavy atom. The topological polar surface area (TPSA) is 3.24 Å². The Morgan fingerprint density at radius 2 is 0.788 bits per heavy atom. The van der Waals surface area contributed by atoms with Gasteiger partial charge in [0.2, 0.25) is 0 Å². The maximum Gasteiger partial charge on any atom is 0.0468 e. The van der Waals surface area contributed by atoms with Gasteiger partial charge in [0.05, 0.1) is 0 Å². The number of fused-ring (bicyclic) bond motifs is 5. The molecule has 0 unspecified atom stereocenters. The van der Waals surface area contributed by atoms with Crippen LogP contribution in [0.4, 0.5) is 17.1 Å². The summed E-state index contributed by atoms with van der Waals surface area (Å²) >= 11 is 1.86. The molecule has 0 fully saturated rings. The van der Waals surface area contributed by atoms with Gasteiger partial charge in [-0.1, -0.05) is 127 Å². The second-order valence-corrected chi connectivity index (χ2v) is 14.5. The molecule has 244 valence electrons. The van der Waals surface area contributed by atoms with Crippen molar-refractivity contribution in [3.63, 3.8) is 0 Å². The molecule has 0 spiro atoms. The van der Waals surface area contributed by atoms with E-state index in [0.717, 1.165) is 17.1 Å². The third-order valence-electron chi connectivity index (χ3n) is 10.2. The lowest BCUT2D eigenvalue weighted by Crippen LogP contribution is -2.09. The molecule has 9 aromatic carbocycles. The van der Waals surface area contributed by atoms with E-state index in [1.807, 2.05) is 11.3 Å². The summed E-state index contributed by atoms with van der Waals surface area (Å²) < 4.78 is 2.65. The van der Waals surface area contributed by atoms with E-state index < -0.39 is 0 Å². The summed E-state index contributed by atoms with van der Waals surface area (Å²) in [6, 6.07) is 73.0. The minimum absolute atomic E-state index is 1.13. The standard InChI is InChI=1S/C50H33NS/c1-2-15-44(16-3-1)51(45-17-9-14-38(31-45)43-25-27-50-48(33-43)47-18-6-7-19-49(47)52-50)46-26-24-41-30-40(22-23-42(41)32-46)37-13-8-12-36(29-37)39-21-20-34-10-4-5-11-35(34)28-39/h1-33H. The third-order valence-corrected chi connectivity index (χ3v) is 11.3. The van der Waals surface area contributed by atoms with Crippen molar-refractivity contribution in [2.75, 3.05) is 4.90 Å². The molecule has 0 bridgehead atoms. The molecular formula is C50H33NS. The SMILES string of the molecule is c1ccc(N(c2cccc(-c3ccc4sc5ccccc5c4c3)c2)c2ccc3cc(-c4cccc(-c5ccc6ccccc6c5)c4)ccc3c2)cc1. The fourth-order valence-electron chi connectivity index (χ4n) is 7.55. The van der Waals surface area contributed by atoms with Crippen molar-refractivity contribution < 1.29 is 0 Å². The molecule has 0 aliphatic heterocycles. The molecular weight excluding hydrogens is 647 g/mol. The molecule has 10 rings (SSSR count). The predicted octanol–water partition coefficient (Wildman–Crippen LogP) is 14.8. The molecule has 0 N–H and O–H groups in total. The van der Waals surface area contributed by atoms with Crippen molar-refractivity contribution in [3.05, 3.63) is 200 Å². The Bertz CT molecular complexity index is 2920. The zero-order chi connectivity index (χ0) is 34.4. The van der Waals surface area contributed by atoms with Gasteiger partial charge in [-0.05, 0) is 128 Å². The van der Waals surface area contributed by atoms with Gasteiger partial charge >= 0.3 is 0 Å². The molecule has 0 radical (unpaired) electrons. The van der Waals surface area contributed by atoms with Gasteiger partial charge < -0.3 is 4.90 Å². The highest BCUT2D eigenvalue weighted by atomic mass is 32.1. The van der Waals surface area contributed by atoms with Gasteiger partial charge in [-0.15, -0.1) is 11.3 Å². The Morgan fingerprint density at radius 1 is 0.269 bits per heavy atom. The first-order chi connectivity index (χ1) is 25.7. The lowest BCUT2D eigenvalue weighted by Gasteiger charge is -2.26. The molecule has 0 amide bonds. The van der Waals surface area contributed by atoms with E-state index in [-0.39, 0.29) is 0 Å². The number of hydrogen-bond acceptors (Lipinski definition) is 2. The van der Waals surface area contributed by atoms with E-state index in [1.165, 1.54) is 75.1 Å². The first-order valence-corrected chi connectivity index (χ1v) is 18.6. The van der Waals surface area contributed by atoms with Crippen molar-refractivity contribution in [2.24, 2.45) is 0 Å². The molecule has 0 saturated heterocycles. The number of benzene rings is 9. The van der Waals surface area contributed by atoms with Gasteiger partial charge in [0.25, 0.3) is 0 Å². The maximum absolute atomic E-state index is 2.36. The van der Waals surface area contributed by atoms with Gasteiger partial charge in [-0.25, -0.2) is 0 Å². The summed E-state index contributed by atoms with van der Waals surface area (Å²) in [5.74, 6) is 0. The number of anilines is 3. The minimum Gasteiger partial charge on any atom is -0.310 e. The third kappa shape index (κ3) is 5.51. The van der Waals surface area contributed by atoms with Crippen LogP contribution < -0.4 is 4.90 Å². The van der Waals surface area contributed by atoms with Crippen molar-refractivity contribution in [1.82, 2.24) is 0 Å². The molecule has 0 atom stereocenters. The summed E-state index contributed by atoms with van der Waals surface area (Å²) in [6.07, 6.45) is 0. The molecule has 10 aromatic rings. The molecule has 2 heteroatoms. The lowest BCUT2D eigenvalue weighted by molar-refractivity contribution is 1.29. The monoisotopic (exact) mass is 679 g/mol. The zero-order valence-corrected chi connectivity index (χ0v) is 29.2.